The van der Waals surface area contributed by atoms with Crippen molar-refractivity contribution in [3.05, 3.63) is 107 Å². The second-order valence-corrected chi connectivity index (χ2v) is 12.3. The normalized spacial score (nSPS) is 12.5. The van der Waals surface area contributed by atoms with Gasteiger partial charge in [0.1, 0.15) is 11.7 Å². The minimum Gasteiger partial charge on any atom is -0.468 e. The summed E-state index contributed by atoms with van der Waals surface area (Å²) in [5.41, 5.74) is 2.94. The average molecular weight is 643 g/mol. The van der Waals surface area contributed by atoms with Gasteiger partial charge in [0.05, 0.1) is 34.7 Å². The van der Waals surface area contributed by atoms with E-state index >= 15 is 0 Å². The van der Waals surface area contributed by atoms with E-state index in [1.807, 2.05) is 6.92 Å². The van der Waals surface area contributed by atoms with Crippen molar-refractivity contribution in [2.45, 2.75) is 24.3 Å². The van der Waals surface area contributed by atoms with E-state index < -0.39 is 34.2 Å². The molecule has 13 heteroatoms. The number of hydrogen-bond acceptors (Lipinski definition) is 9. The molecule has 0 saturated heterocycles. The summed E-state index contributed by atoms with van der Waals surface area (Å²) in [5, 5.41) is 20.8. The van der Waals surface area contributed by atoms with Crippen LogP contribution in [0, 0.1) is 18.8 Å². The van der Waals surface area contributed by atoms with Crippen LogP contribution in [0.3, 0.4) is 0 Å². The van der Waals surface area contributed by atoms with Crippen molar-refractivity contribution in [1.29, 1.82) is 0 Å². The number of hydrogen-bond donors (Lipinski definition) is 4. The molecule has 238 valence electrons. The van der Waals surface area contributed by atoms with E-state index in [1.54, 1.807) is 73.8 Å². The first-order valence-electron chi connectivity index (χ1n) is 14.2. The highest BCUT2D eigenvalue weighted by atomic mass is 32.2. The van der Waals surface area contributed by atoms with Gasteiger partial charge in [-0.15, -0.1) is 0 Å². The summed E-state index contributed by atoms with van der Waals surface area (Å²) >= 11 is 0. The number of methoxy groups -OCH3 is 1. The third-order valence-corrected chi connectivity index (χ3v) is 8.77. The van der Waals surface area contributed by atoms with E-state index in [9.17, 15) is 23.7 Å². The Kier molecular flexibility index (Phi) is 11.4. The van der Waals surface area contributed by atoms with E-state index in [2.05, 4.69) is 42.0 Å². The summed E-state index contributed by atoms with van der Waals surface area (Å²) in [5.74, 6) is 4.46. The molecule has 2 atom stereocenters. The smallest absolute Gasteiger partial charge is 0.325 e. The van der Waals surface area contributed by atoms with Gasteiger partial charge in [-0.25, -0.2) is 4.21 Å². The van der Waals surface area contributed by atoms with Gasteiger partial charge in [0.25, 0.3) is 11.8 Å². The van der Waals surface area contributed by atoms with Gasteiger partial charge >= 0.3 is 5.97 Å². The quantitative estimate of drug-likeness (QED) is 0.0830. The fourth-order valence-electron chi connectivity index (χ4n) is 4.33. The van der Waals surface area contributed by atoms with Gasteiger partial charge in [0, 0.05) is 47.7 Å². The summed E-state index contributed by atoms with van der Waals surface area (Å²) < 4.78 is 22.8. The average Bonchev–Trinajstić information content (AvgIpc) is 3.41. The minimum atomic E-state index is -3.20. The van der Waals surface area contributed by atoms with E-state index in [0.717, 1.165) is 5.69 Å². The highest BCUT2D eigenvalue weighted by molar-refractivity contribution is 8.00. The molecule has 12 nitrogen and oxygen atoms in total. The predicted molar refractivity (Wildman–Crippen MR) is 174 cm³/mol. The first kappa shape index (κ1) is 33.6. The maximum atomic E-state index is 14.0. The van der Waals surface area contributed by atoms with Gasteiger partial charge in [0.2, 0.25) is 0 Å². The van der Waals surface area contributed by atoms with Crippen LogP contribution in [0.2, 0.25) is 0 Å². The van der Waals surface area contributed by atoms with Gasteiger partial charge in [0.15, 0.2) is 0 Å². The molecule has 4 N–H and O–H groups in total. The summed E-state index contributed by atoms with van der Waals surface area (Å²) in [6.07, 6.45) is 3.06. The summed E-state index contributed by atoms with van der Waals surface area (Å²) in [4.78, 5) is 42.2. The second kappa shape index (κ2) is 15.6. The van der Waals surface area contributed by atoms with Gasteiger partial charge in [-0.2, -0.15) is 5.10 Å². The highest BCUT2D eigenvalue weighted by Crippen LogP contribution is 2.14. The van der Waals surface area contributed by atoms with Crippen LogP contribution in [0.25, 0.3) is 0 Å². The van der Waals surface area contributed by atoms with Crippen molar-refractivity contribution in [2.75, 3.05) is 25.6 Å². The predicted octanol–water partition coefficient (Wildman–Crippen LogP) is 2.08. The molecule has 46 heavy (non-hydrogen) atoms. The molecule has 2 heterocycles. The van der Waals surface area contributed by atoms with Crippen LogP contribution in [0.1, 0.15) is 44.1 Å². The fourth-order valence-corrected chi connectivity index (χ4v) is 6.13. The van der Waals surface area contributed by atoms with E-state index in [0.29, 0.717) is 27.4 Å². The third kappa shape index (κ3) is 8.89. The number of esters is 1. The third-order valence-electron chi connectivity index (χ3n) is 6.60. The molecule has 0 aliphatic carbocycles. The number of aryl methyl sites for hydroxylation is 2. The zero-order valence-electron chi connectivity index (χ0n) is 25.5. The fraction of sp³-hybridized carbons (Fsp3) is 0.212. The Bertz CT molecular complexity index is 1900. The van der Waals surface area contributed by atoms with Crippen LogP contribution in [0.4, 0.5) is 5.69 Å². The molecule has 2 unspecified atom stereocenters. The van der Waals surface area contributed by atoms with Crippen LogP contribution in [0.5, 0.6) is 0 Å². The Morgan fingerprint density at radius 2 is 1.78 bits per heavy atom. The Morgan fingerprint density at radius 3 is 2.48 bits per heavy atom. The molecular weight excluding hydrogens is 608 g/mol. The van der Waals surface area contributed by atoms with E-state index in [4.69, 9.17) is 0 Å². The molecule has 0 fully saturated rings. The van der Waals surface area contributed by atoms with Crippen molar-refractivity contribution in [1.82, 2.24) is 24.8 Å². The zero-order valence-corrected chi connectivity index (χ0v) is 26.3. The lowest BCUT2D eigenvalue weighted by atomic mass is 10.1. The van der Waals surface area contributed by atoms with Crippen LogP contribution in [0.15, 0.2) is 84.0 Å². The molecule has 0 bridgehead atoms. The number of ether oxygens (including phenoxy) is 1. The summed E-state index contributed by atoms with van der Waals surface area (Å²) in [6, 6.07) is 17.8. The monoisotopic (exact) mass is 642 g/mol. The van der Waals surface area contributed by atoms with Crippen LogP contribution in [-0.2, 0) is 26.3 Å². The number of aliphatic hydroxyl groups is 1. The molecule has 0 aliphatic heterocycles. The number of nitrogens with one attached hydrogen (secondary N) is 3. The zero-order chi connectivity index (χ0) is 33.1. The van der Waals surface area contributed by atoms with Crippen molar-refractivity contribution in [3.8, 4) is 11.8 Å². The molecular formula is C33H34N6O6S. The molecule has 2 aromatic carbocycles. The largest absolute Gasteiger partial charge is 0.468 e. The lowest BCUT2D eigenvalue weighted by Crippen LogP contribution is -2.41. The maximum Gasteiger partial charge on any atom is 0.325 e. The lowest BCUT2D eigenvalue weighted by Gasteiger charge is -2.15. The van der Waals surface area contributed by atoms with Gasteiger partial charge in [-0.3, -0.25) is 28.8 Å². The Balaban J connectivity index is 1.48. The molecule has 0 radical (unpaired) electrons. The Morgan fingerprint density at radius 1 is 1.02 bits per heavy atom. The van der Waals surface area contributed by atoms with Crippen LogP contribution < -0.4 is 15.4 Å². The van der Waals surface area contributed by atoms with Crippen molar-refractivity contribution >= 4 is 38.5 Å². The van der Waals surface area contributed by atoms with E-state index in [1.165, 1.54) is 29.6 Å². The summed E-state index contributed by atoms with van der Waals surface area (Å²) in [7, 11) is -0.277. The lowest BCUT2D eigenvalue weighted by molar-refractivity contribution is -0.144. The summed E-state index contributed by atoms with van der Waals surface area (Å²) in [6.45, 7) is 1.54. The number of nitrogens with zero attached hydrogens (tertiary/aromatic N) is 3. The molecule has 0 aliphatic rings. The Hall–Kier alpha value is -5.29. The second-order valence-electron chi connectivity index (χ2n) is 10.1. The van der Waals surface area contributed by atoms with Crippen molar-refractivity contribution in [2.24, 2.45) is 7.05 Å². The molecule has 0 saturated carbocycles. The number of benzene rings is 2. The standard InChI is InChI=1S/C33H34N6O6S/c1-23-17-30(39(2)37-23)32(42)36-27-10-7-9-24(19-27)13-14-25-18-26(21-34-20-25)31(41)38-46(44,28-11-5-4-6-12-28)16-8-15-35-29(22-40)33(43)45-3/h4-7,9-12,16-21,29,35,40H,8,15,22H2,1-3H3,(H,36,42)(H,38,41,44). The maximum absolute atomic E-state index is 14.0. The van der Waals surface area contributed by atoms with Gasteiger partial charge in [-0.1, -0.05) is 36.1 Å². The number of pyridine rings is 1. The number of carbonyl (C=O) groups is 3. The first-order chi connectivity index (χ1) is 22.1. The first-order valence-corrected chi connectivity index (χ1v) is 15.8. The SMILES string of the molecule is COC(=O)C(CO)NCCC=S(=O)(NC(=O)c1cncc(C#Cc2cccc(NC(=O)c3cc(C)nn3C)c2)c1)c1ccccc1. The minimum absolute atomic E-state index is 0.153. The topological polar surface area (TPSA) is 165 Å². The number of anilines is 1. The Labute approximate surface area is 267 Å². The van der Waals surface area contributed by atoms with Crippen LogP contribution >= 0.6 is 0 Å². The molecule has 4 aromatic rings. The number of amides is 2. The number of rotatable bonds is 11. The van der Waals surface area contributed by atoms with E-state index in [-0.39, 0.29) is 24.4 Å². The van der Waals surface area contributed by atoms with Crippen LogP contribution in [-0.4, -0.2) is 73.5 Å². The molecule has 2 amide bonds. The number of aliphatic hydroxyl groups excluding tert-OH is 1. The van der Waals surface area contributed by atoms with Gasteiger partial charge in [-0.05, 0) is 61.2 Å². The molecule has 0 spiro atoms. The van der Waals surface area contributed by atoms with Gasteiger partial charge < -0.3 is 20.5 Å². The molecule has 2 aromatic heterocycles. The van der Waals surface area contributed by atoms with Crippen molar-refractivity contribution < 1.29 is 28.4 Å². The van der Waals surface area contributed by atoms with Crippen molar-refractivity contribution in [3.63, 3.8) is 0 Å². The molecule has 4 rings (SSSR count). The number of carbonyl (C=O) groups excluding carboxylic acids is 3. The number of aromatic nitrogens is 3. The highest BCUT2D eigenvalue weighted by Gasteiger charge is 2.19.